The van der Waals surface area contributed by atoms with Gasteiger partial charge in [-0.1, -0.05) is 27.3 Å². The van der Waals surface area contributed by atoms with Gasteiger partial charge in [0.15, 0.2) is 5.76 Å². The Bertz CT molecular complexity index is 887. The Hall–Kier alpha value is -2.19. The second-order valence-electron chi connectivity index (χ2n) is 5.68. The van der Waals surface area contributed by atoms with Crippen molar-refractivity contribution in [2.75, 3.05) is 5.32 Å². The van der Waals surface area contributed by atoms with E-state index in [1.807, 2.05) is 24.3 Å². The highest BCUT2D eigenvalue weighted by Gasteiger charge is 2.28. The number of carbonyl (C=O) groups is 1. The van der Waals surface area contributed by atoms with Crippen LogP contribution in [0.25, 0.3) is 0 Å². The maximum Gasteiger partial charge on any atom is 0.293 e. The van der Waals surface area contributed by atoms with Gasteiger partial charge in [0.1, 0.15) is 23.1 Å². The molecular weight excluding hydrogens is 406 g/mol. The predicted molar refractivity (Wildman–Crippen MR) is 97.0 cm³/mol. The number of aromatic nitrogens is 2. The predicted octanol–water partition coefficient (Wildman–Crippen LogP) is 4.60. The number of hydrogen-bond donors (Lipinski definition) is 1. The zero-order valence-electron chi connectivity index (χ0n) is 13.1. The summed E-state index contributed by atoms with van der Waals surface area (Å²) in [6.45, 7) is 0.250. The molecule has 0 saturated heterocycles. The van der Waals surface area contributed by atoms with E-state index in [9.17, 15) is 4.79 Å². The zero-order chi connectivity index (χ0) is 17.2. The highest BCUT2D eigenvalue weighted by Crippen LogP contribution is 2.42. The summed E-state index contributed by atoms with van der Waals surface area (Å²) in [4.78, 5) is 12.2. The average Bonchev–Trinajstić information content (AvgIpc) is 3.17. The van der Waals surface area contributed by atoms with Gasteiger partial charge in [0.2, 0.25) is 5.13 Å². The van der Waals surface area contributed by atoms with E-state index in [0.717, 1.165) is 28.1 Å². The maximum absolute atomic E-state index is 12.2. The van der Waals surface area contributed by atoms with E-state index >= 15 is 0 Å². The lowest BCUT2D eigenvalue weighted by molar-refractivity contribution is 0.0992. The van der Waals surface area contributed by atoms with Crippen molar-refractivity contribution in [1.29, 1.82) is 0 Å². The normalized spacial score (nSPS) is 13.6. The summed E-state index contributed by atoms with van der Waals surface area (Å²) in [5.74, 6) is 1.70. The minimum absolute atomic E-state index is 0.220. The highest BCUT2D eigenvalue weighted by atomic mass is 79.9. The van der Waals surface area contributed by atoms with Gasteiger partial charge in [0.05, 0.1) is 0 Å². The number of amides is 1. The lowest BCUT2D eigenvalue weighted by Crippen LogP contribution is -2.10. The molecule has 1 saturated carbocycles. The van der Waals surface area contributed by atoms with Crippen molar-refractivity contribution >= 4 is 38.3 Å². The molecule has 8 heteroatoms. The SMILES string of the molecule is O=C(Nc1nnc(C2CC2)s1)c1ccc(COc2ccc(Br)cc2)o1. The third-order valence-electron chi connectivity index (χ3n) is 3.67. The van der Waals surface area contributed by atoms with Gasteiger partial charge in [-0.05, 0) is 49.2 Å². The molecule has 1 fully saturated rings. The van der Waals surface area contributed by atoms with E-state index in [4.69, 9.17) is 9.15 Å². The Morgan fingerprint density at radius 3 is 2.80 bits per heavy atom. The molecule has 6 nitrogen and oxygen atoms in total. The van der Waals surface area contributed by atoms with Gasteiger partial charge in [0.25, 0.3) is 5.91 Å². The van der Waals surface area contributed by atoms with Crippen LogP contribution in [0.15, 0.2) is 45.3 Å². The molecule has 4 rings (SSSR count). The summed E-state index contributed by atoms with van der Waals surface area (Å²) >= 11 is 4.79. The average molecular weight is 420 g/mol. The molecule has 0 spiro atoms. The van der Waals surface area contributed by atoms with Crippen molar-refractivity contribution in [3.63, 3.8) is 0 Å². The summed E-state index contributed by atoms with van der Waals surface area (Å²) in [7, 11) is 0. The molecule has 1 aliphatic carbocycles. The summed E-state index contributed by atoms with van der Waals surface area (Å²) in [6.07, 6.45) is 2.31. The zero-order valence-corrected chi connectivity index (χ0v) is 15.5. The minimum Gasteiger partial charge on any atom is -0.486 e. The fraction of sp³-hybridized carbons (Fsp3) is 0.235. The second-order valence-corrected chi connectivity index (χ2v) is 7.61. The van der Waals surface area contributed by atoms with Crippen LogP contribution >= 0.6 is 27.3 Å². The van der Waals surface area contributed by atoms with Crippen molar-refractivity contribution < 1.29 is 13.9 Å². The van der Waals surface area contributed by atoms with Crippen molar-refractivity contribution in [2.24, 2.45) is 0 Å². The first-order chi connectivity index (χ1) is 12.2. The van der Waals surface area contributed by atoms with Gasteiger partial charge in [-0.15, -0.1) is 10.2 Å². The molecule has 0 radical (unpaired) electrons. The number of anilines is 1. The number of nitrogens with zero attached hydrogens (tertiary/aromatic N) is 2. The largest absolute Gasteiger partial charge is 0.486 e. The Balaban J connectivity index is 1.34. The third-order valence-corrected chi connectivity index (χ3v) is 5.20. The fourth-order valence-corrected chi connectivity index (χ4v) is 3.37. The summed E-state index contributed by atoms with van der Waals surface area (Å²) < 4.78 is 12.2. The van der Waals surface area contributed by atoms with Gasteiger partial charge in [-0.25, -0.2) is 0 Å². The van der Waals surface area contributed by atoms with Crippen LogP contribution in [0.2, 0.25) is 0 Å². The number of carbonyl (C=O) groups excluding carboxylic acids is 1. The molecule has 1 N–H and O–H groups in total. The van der Waals surface area contributed by atoms with Crippen LogP contribution < -0.4 is 10.1 Å². The van der Waals surface area contributed by atoms with Crippen molar-refractivity contribution in [3.8, 4) is 5.75 Å². The van der Waals surface area contributed by atoms with Crippen molar-refractivity contribution in [1.82, 2.24) is 10.2 Å². The monoisotopic (exact) mass is 419 g/mol. The topological polar surface area (TPSA) is 77.2 Å². The minimum atomic E-state index is -0.339. The van der Waals surface area contributed by atoms with E-state index in [-0.39, 0.29) is 18.3 Å². The van der Waals surface area contributed by atoms with E-state index < -0.39 is 0 Å². The summed E-state index contributed by atoms with van der Waals surface area (Å²) in [5.41, 5.74) is 0. The molecule has 0 atom stereocenters. The van der Waals surface area contributed by atoms with Crippen LogP contribution in [0.4, 0.5) is 5.13 Å². The van der Waals surface area contributed by atoms with Gasteiger partial charge in [0, 0.05) is 10.4 Å². The number of rotatable bonds is 6. The number of hydrogen-bond acceptors (Lipinski definition) is 6. The number of furan rings is 1. The number of benzene rings is 1. The van der Waals surface area contributed by atoms with E-state index in [1.165, 1.54) is 11.3 Å². The molecule has 2 aromatic heterocycles. The Labute approximate surface area is 156 Å². The quantitative estimate of drug-likeness (QED) is 0.631. The van der Waals surface area contributed by atoms with Crippen LogP contribution in [-0.2, 0) is 6.61 Å². The third kappa shape index (κ3) is 4.08. The first-order valence-corrected chi connectivity index (χ1v) is 9.40. The van der Waals surface area contributed by atoms with Gasteiger partial charge < -0.3 is 9.15 Å². The number of halogens is 1. The summed E-state index contributed by atoms with van der Waals surface area (Å²) in [6, 6.07) is 10.9. The molecule has 128 valence electrons. The van der Waals surface area contributed by atoms with E-state index in [2.05, 4.69) is 31.4 Å². The molecular formula is C17H14BrN3O3S. The van der Waals surface area contributed by atoms with E-state index in [0.29, 0.717) is 16.8 Å². The molecule has 1 aromatic carbocycles. The maximum atomic E-state index is 12.2. The van der Waals surface area contributed by atoms with Crippen LogP contribution in [0.5, 0.6) is 5.75 Å². The van der Waals surface area contributed by atoms with Crippen molar-refractivity contribution in [2.45, 2.75) is 25.4 Å². The van der Waals surface area contributed by atoms with Gasteiger partial charge in [-0.3, -0.25) is 10.1 Å². The Morgan fingerprint density at radius 2 is 2.04 bits per heavy atom. The van der Waals surface area contributed by atoms with Crippen LogP contribution in [0, 0.1) is 0 Å². The Kier molecular flexibility index (Phi) is 4.54. The van der Waals surface area contributed by atoms with Crippen molar-refractivity contribution in [3.05, 3.63) is 57.4 Å². The smallest absolute Gasteiger partial charge is 0.293 e. The second kappa shape index (κ2) is 6.97. The molecule has 1 aliphatic rings. The number of ether oxygens (including phenoxy) is 1. The van der Waals surface area contributed by atoms with Crippen LogP contribution in [-0.4, -0.2) is 16.1 Å². The standard InChI is InChI=1S/C17H14BrN3O3S/c18-11-3-5-12(6-4-11)23-9-13-7-8-14(24-13)15(22)19-17-21-20-16(25-17)10-1-2-10/h3-8,10H,1-2,9H2,(H,19,21,22). The molecule has 3 aromatic rings. The number of nitrogens with one attached hydrogen (secondary N) is 1. The highest BCUT2D eigenvalue weighted by molar-refractivity contribution is 9.10. The molecule has 0 aliphatic heterocycles. The van der Waals surface area contributed by atoms with Crippen LogP contribution in [0.3, 0.4) is 0 Å². The fourth-order valence-electron chi connectivity index (χ4n) is 2.20. The molecule has 25 heavy (non-hydrogen) atoms. The summed E-state index contributed by atoms with van der Waals surface area (Å²) in [5, 5.41) is 12.3. The first kappa shape index (κ1) is 16.3. The lowest BCUT2D eigenvalue weighted by Gasteiger charge is -2.03. The molecule has 0 bridgehead atoms. The molecule has 2 heterocycles. The lowest BCUT2D eigenvalue weighted by atomic mass is 10.3. The first-order valence-electron chi connectivity index (χ1n) is 7.79. The van der Waals surface area contributed by atoms with E-state index in [1.54, 1.807) is 12.1 Å². The molecule has 0 unspecified atom stereocenters. The molecule has 1 amide bonds. The van der Waals surface area contributed by atoms with Gasteiger partial charge in [-0.2, -0.15) is 0 Å². The Morgan fingerprint density at radius 1 is 1.24 bits per heavy atom. The van der Waals surface area contributed by atoms with Crippen LogP contribution in [0.1, 0.15) is 40.1 Å². The van der Waals surface area contributed by atoms with Gasteiger partial charge >= 0.3 is 0 Å².